The molecule has 7 nitrogen and oxygen atoms in total. The highest BCUT2D eigenvalue weighted by atomic mass is 16.5. The minimum Gasteiger partial charge on any atom is -0.355 e. The van der Waals surface area contributed by atoms with Crippen LogP contribution in [0.25, 0.3) is 0 Å². The van der Waals surface area contributed by atoms with Crippen LogP contribution in [-0.4, -0.2) is 48.0 Å². The fourth-order valence-electron chi connectivity index (χ4n) is 1.80. The molecule has 0 saturated carbocycles. The highest BCUT2D eigenvalue weighted by Crippen LogP contribution is 2.23. The SMILES string of the molecule is CCNC(=O)CN(CC)CC(=O)Nc1cc(C(C)(C)C)no1. The van der Waals surface area contributed by atoms with E-state index in [4.69, 9.17) is 4.52 Å². The molecule has 0 radical (unpaired) electrons. The summed E-state index contributed by atoms with van der Waals surface area (Å²) in [4.78, 5) is 25.3. The molecule has 1 heterocycles. The smallest absolute Gasteiger partial charge is 0.240 e. The fourth-order valence-corrected chi connectivity index (χ4v) is 1.80. The van der Waals surface area contributed by atoms with Gasteiger partial charge in [-0.3, -0.25) is 19.8 Å². The largest absolute Gasteiger partial charge is 0.355 e. The number of rotatable bonds is 7. The van der Waals surface area contributed by atoms with E-state index in [-0.39, 0.29) is 30.3 Å². The van der Waals surface area contributed by atoms with Gasteiger partial charge in [-0.2, -0.15) is 0 Å². The number of amides is 2. The molecule has 0 bridgehead atoms. The van der Waals surface area contributed by atoms with Crippen molar-refractivity contribution >= 4 is 17.7 Å². The minimum absolute atomic E-state index is 0.0909. The molecule has 1 aromatic rings. The van der Waals surface area contributed by atoms with Gasteiger partial charge in [0.1, 0.15) is 0 Å². The number of hydrogen-bond acceptors (Lipinski definition) is 5. The molecule has 1 aromatic heterocycles. The lowest BCUT2D eigenvalue weighted by Gasteiger charge is -2.18. The fraction of sp³-hybridized carbons (Fsp3) is 0.667. The van der Waals surface area contributed by atoms with Crippen LogP contribution in [0.3, 0.4) is 0 Å². The molecule has 1 rings (SSSR count). The van der Waals surface area contributed by atoms with Crippen LogP contribution in [-0.2, 0) is 15.0 Å². The van der Waals surface area contributed by atoms with E-state index in [1.54, 1.807) is 11.0 Å². The van der Waals surface area contributed by atoms with Gasteiger partial charge < -0.3 is 9.84 Å². The second-order valence-corrected chi connectivity index (χ2v) is 6.13. The predicted molar refractivity (Wildman–Crippen MR) is 84.6 cm³/mol. The number of carbonyl (C=O) groups excluding carboxylic acids is 2. The maximum atomic E-state index is 12.0. The van der Waals surface area contributed by atoms with Crippen molar-refractivity contribution in [2.24, 2.45) is 0 Å². The maximum absolute atomic E-state index is 12.0. The van der Waals surface area contributed by atoms with E-state index in [1.807, 2.05) is 34.6 Å². The van der Waals surface area contributed by atoms with Crippen molar-refractivity contribution in [1.82, 2.24) is 15.4 Å². The molecule has 22 heavy (non-hydrogen) atoms. The van der Waals surface area contributed by atoms with Crippen LogP contribution >= 0.6 is 0 Å². The summed E-state index contributed by atoms with van der Waals surface area (Å²) in [6.07, 6.45) is 0. The van der Waals surface area contributed by atoms with Crippen molar-refractivity contribution in [3.05, 3.63) is 11.8 Å². The van der Waals surface area contributed by atoms with Crippen molar-refractivity contribution in [1.29, 1.82) is 0 Å². The predicted octanol–water partition coefficient (Wildman–Crippen LogP) is 1.37. The summed E-state index contributed by atoms with van der Waals surface area (Å²) < 4.78 is 5.12. The van der Waals surface area contributed by atoms with Gasteiger partial charge in [-0.25, -0.2) is 0 Å². The molecular weight excluding hydrogens is 284 g/mol. The summed E-state index contributed by atoms with van der Waals surface area (Å²) in [5, 5.41) is 9.32. The van der Waals surface area contributed by atoms with Crippen molar-refractivity contribution in [2.45, 2.75) is 40.0 Å². The Hall–Kier alpha value is -1.89. The average Bonchev–Trinajstić information content (AvgIpc) is 2.86. The molecule has 2 N–H and O–H groups in total. The van der Waals surface area contributed by atoms with E-state index in [1.165, 1.54) is 0 Å². The highest BCUT2D eigenvalue weighted by Gasteiger charge is 2.20. The Morgan fingerprint density at radius 3 is 2.36 bits per heavy atom. The Labute approximate surface area is 131 Å². The Kier molecular flexibility index (Phi) is 6.55. The summed E-state index contributed by atoms with van der Waals surface area (Å²) >= 11 is 0. The first kappa shape index (κ1) is 18.2. The normalized spacial score (nSPS) is 11.5. The molecule has 0 unspecified atom stereocenters. The monoisotopic (exact) mass is 310 g/mol. The van der Waals surface area contributed by atoms with E-state index in [2.05, 4.69) is 15.8 Å². The van der Waals surface area contributed by atoms with Crippen LogP contribution in [0.2, 0.25) is 0 Å². The van der Waals surface area contributed by atoms with Gasteiger partial charge in [0.15, 0.2) is 0 Å². The van der Waals surface area contributed by atoms with Crippen LogP contribution in [0.5, 0.6) is 0 Å². The molecule has 7 heteroatoms. The van der Waals surface area contributed by atoms with Crippen LogP contribution in [0, 0.1) is 0 Å². The molecule has 0 aliphatic heterocycles. The third kappa shape index (κ3) is 5.85. The van der Waals surface area contributed by atoms with E-state index >= 15 is 0 Å². The highest BCUT2D eigenvalue weighted by molar-refractivity contribution is 5.91. The molecule has 0 aliphatic carbocycles. The van der Waals surface area contributed by atoms with Gasteiger partial charge in [-0.1, -0.05) is 32.9 Å². The van der Waals surface area contributed by atoms with E-state index < -0.39 is 0 Å². The second-order valence-electron chi connectivity index (χ2n) is 6.13. The summed E-state index contributed by atoms with van der Waals surface area (Å²) in [7, 11) is 0. The molecule has 0 aliphatic rings. The van der Waals surface area contributed by atoms with Gasteiger partial charge in [0, 0.05) is 18.0 Å². The lowest BCUT2D eigenvalue weighted by molar-refractivity contribution is -0.123. The number of anilines is 1. The first-order chi connectivity index (χ1) is 10.3. The lowest BCUT2D eigenvalue weighted by atomic mass is 9.92. The second kappa shape index (κ2) is 7.93. The van der Waals surface area contributed by atoms with Crippen molar-refractivity contribution in [3.63, 3.8) is 0 Å². The van der Waals surface area contributed by atoms with Crippen molar-refractivity contribution < 1.29 is 14.1 Å². The Morgan fingerprint density at radius 1 is 1.23 bits per heavy atom. The number of nitrogens with one attached hydrogen (secondary N) is 2. The molecular formula is C15H26N4O3. The topological polar surface area (TPSA) is 87.5 Å². The quantitative estimate of drug-likeness (QED) is 0.794. The molecule has 2 amide bonds. The summed E-state index contributed by atoms with van der Waals surface area (Å²) in [6, 6.07) is 1.72. The Balaban J connectivity index is 2.54. The molecule has 0 aromatic carbocycles. The summed E-state index contributed by atoms with van der Waals surface area (Å²) in [6.45, 7) is 11.3. The third-order valence-corrected chi connectivity index (χ3v) is 3.10. The van der Waals surface area contributed by atoms with E-state index in [0.717, 1.165) is 5.69 Å². The zero-order valence-corrected chi connectivity index (χ0v) is 14.0. The first-order valence-corrected chi connectivity index (χ1v) is 7.52. The van der Waals surface area contributed by atoms with Crippen LogP contribution in [0.1, 0.15) is 40.3 Å². The van der Waals surface area contributed by atoms with Crippen LogP contribution in [0.15, 0.2) is 10.6 Å². The van der Waals surface area contributed by atoms with Gasteiger partial charge in [0.05, 0.1) is 18.8 Å². The first-order valence-electron chi connectivity index (χ1n) is 7.52. The number of likely N-dealkylation sites (N-methyl/N-ethyl adjacent to an activating group) is 2. The number of hydrogen-bond donors (Lipinski definition) is 2. The summed E-state index contributed by atoms with van der Waals surface area (Å²) in [5.41, 5.74) is 0.637. The van der Waals surface area contributed by atoms with E-state index in [9.17, 15) is 9.59 Å². The van der Waals surface area contributed by atoms with Crippen molar-refractivity contribution in [2.75, 3.05) is 31.5 Å². The average molecular weight is 310 g/mol. The molecule has 0 fully saturated rings. The van der Waals surface area contributed by atoms with E-state index in [0.29, 0.717) is 19.0 Å². The Morgan fingerprint density at radius 2 is 1.86 bits per heavy atom. The third-order valence-electron chi connectivity index (χ3n) is 3.10. The van der Waals surface area contributed by atoms with Gasteiger partial charge in [-0.05, 0) is 13.5 Å². The van der Waals surface area contributed by atoms with Crippen molar-refractivity contribution in [3.8, 4) is 0 Å². The lowest BCUT2D eigenvalue weighted by Crippen LogP contribution is -2.40. The minimum atomic E-state index is -0.234. The Bertz CT molecular complexity index is 505. The zero-order valence-electron chi connectivity index (χ0n) is 14.0. The molecule has 0 saturated heterocycles. The van der Waals surface area contributed by atoms with Crippen LogP contribution < -0.4 is 10.6 Å². The maximum Gasteiger partial charge on any atom is 0.240 e. The molecule has 0 spiro atoms. The number of aromatic nitrogens is 1. The van der Waals surface area contributed by atoms with Gasteiger partial charge >= 0.3 is 0 Å². The number of nitrogens with zero attached hydrogens (tertiary/aromatic N) is 2. The van der Waals surface area contributed by atoms with Gasteiger partial charge in [0.2, 0.25) is 17.7 Å². The van der Waals surface area contributed by atoms with Gasteiger partial charge in [0.25, 0.3) is 0 Å². The van der Waals surface area contributed by atoms with Crippen LogP contribution in [0.4, 0.5) is 5.88 Å². The molecule has 124 valence electrons. The zero-order chi connectivity index (χ0) is 16.8. The number of carbonyl (C=O) groups is 2. The van der Waals surface area contributed by atoms with Gasteiger partial charge in [-0.15, -0.1) is 0 Å². The summed E-state index contributed by atoms with van der Waals surface area (Å²) in [5.74, 6) is -0.00132. The standard InChI is InChI=1S/C15H26N4O3/c1-6-16-12(20)9-19(7-2)10-13(21)17-14-8-11(18-22-14)15(3,4)5/h8H,6-7,9-10H2,1-5H3,(H,16,20)(H,17,21). The molecule has 0 atom stereocenters.